The third kappa shape index (κ3) is 5.84. The van der Waals surface area contributed by atoms with Crippen LogP contribution >= 0.6 is 11.8 Å². The normalized spacial score (nSPS) is 21.2. The second-order valence-electron chi connectivity index (χ2n) is 7.77. The molecular formula is C22H29FN4O2S. The molecule has 3 unspecified atom stereocenters. The highest BCUT2D eigenvalue weighted by molar-refractivity contribution is 7.99. The fraction of sp³-hybridized carbons (Fsp3) is 0.500. The molecule has 1 N–H and O–H groups in total. The van der Waals surface area contributed by atoms with Crippen molar-refractivity contribution in [2.24, 2.45) is 11.8 Å². The Hall–Kier alpha value is -2.35. The van der Waals surface area contributed by atoms with Crippen LogP contribution in [-0.4, -0.2) is 32.5 Å². The van der Waals surface area contributed by atoms with Gasteiger partial charge in [0.15, 0.2) is 11.0 Å². The van der Waals surface area contributed by atoms with E-state index in [1.54, 1.807) is 18.2 Å². The summed E-state index contributed by atoms with van der Waals surface area (Å²) in [6.07, 6.45) is 5.18. The molecule has 162 valence electrons. The van der Waals surface area contributed by atoms with Crippen molar-refractivity contribution < 1.29 is 13.9 Å². The summed E-state index contributed by atoms with van der Waals surface area (Å²) in [4.78, 5) is 12.5. The lowest BCUT2D eigenvalue weighted by Gasteiger charge is -2.34. The predicted molar refractivity (Wildman–Crippen MR) is 116 cm³/mol. The number of nitrogens with one attached hydrogen (secondary N) is 1. The number of thioether (sulfide) groups is 1. The first-order chi connectivity index (χ1) is 14.5. The molecule has 0 radical (unpaired) electrons. The standard InChI is InChI=1S/C22H29FN4O2S/c1-4-12-27-20(13-29-18-10-8-17(23)9-11-18)25-26-22(27)30-14-21(28)24-19-7-5-6-15(2)16(19)3/h4,8-11,15-16,19H,1,5-7,12-14H2,2-3H3,(H,24,28). The molecule has 0 bridgehead atoms. The van der Waals surface area contributed by atoms with E-state index < -0.39 is 0 Å². The summed E-state index contributed by atoms with van der Waals surface area (Å²) >= 11 is 1.35. The van der Waals surface area contributed by atoms with Gasteiger partial charge in [-0.1, -0.05) is 44.5 Å². The van der Waals surface area contributed by atoms with Crippen molar-refractivity contribution in [1.29, 1.82) is 0 Å². The number of rotatable bonds is 9. The number of hydrogen-bond acceptors (Lipinski definition) is 5. The summed E-state index contributed by atoms with van der Waals surface area (Å²) in [5.74, 6) is 2.29. The van der Waals surface area contributed by atoms with E-state index in [1.807, 2.05) is 4.57 Å². The number of amides is 1. The summed E-state index contributed by atoms with van der Waals surface area (Å²) in [5, 5.41) is 12.2. The molecule has 30 heavy (non-hydrogen) atoms. The highest BCUT2D eigenvalue weighted by Crippen LogP contribution is 2.29. The Balaban J connectivity index is 1.56. The highest BCUT2D eigenvalue weighted by Gasteiger charge is 2.28. The van der Waals surface area contributed by atoms with Gasteiger partial charge in [-0.3, -0.25) is 9.36 Å². The van der Waals surface area contributed by atoms with E-state index >= 15 is 0 Å². The van der Waals surface area contributed by atoms with E-state index in [0.717, 1.165) is 12.8 Å². The Kier molecular flexibility index (Phi) is 7.90. The molecule has 1 aliphatic carbocycles. The number of carbonyl (C=O) groups is 1. The molecule has 3 rings (SSSR count). The Morgan fingerprint density at radius 1 is 1.33 bits per heavy atom. The molecule has 1 aromatic heterocycles. The molecule has 1 saturated carbocycles. The van der Waals surface area contributed by atoms with E-state index in [9.17, 15) is 9.18 Å². The predicted octanol–water partition coefficient (Wildman–Crippen LogP) is 4.22. The van der Waals surface area contributed by atoms with Crippen LogP contribution in [0.5, 0.6) is 5.75 Å². The van der Waals surface area contributed by atoms with Crippen LogP contribution in [0.25, 0.3) is 0 Å². The number of allylic oxidation sites excluding steroid dienone is 1. The van der Waals surface area contributed by atoms with Crippen LogP contribution in [0.1, 0.15) is 38.9 Å². The van der Waals surface area contributed by atoms with Gasteiger partial charge in [0, 0.05) is 12.6 Å². The number of halogens is 1. The van der Waals surface area contributed by atoms with E-state index in [-0.39, 0.29) is 30.1 Å². The molecule has 3 atom stereocenters. The SMILES string of the molecule is C=CCn1c(COc2ccc(F)cc2)nnc1SCC(=O)NC1CCCC(C)C1C. The fourth-order valence-electron chi connectivity index (χ4n) is 3.69. The van der Waals surface area contributed by atoms with Crippen molar-refractivity contribution in [3.63, 3.8) is 0 Å². The molecular weight excluding hydrogens is 403 g/mol. The minimum absolute atomic E-state index is 0.0169. The smallest absolute Gasteiger partial charge is 0.230 e. The number of nitrogens with zero attached hydrogens (tertiary/aromatic N) is 3. The first-order valence-corrected chi connectivity index (χ1v) is 11.3. The summed E-state index contributed by atoms with van der Waals surface area (Å²) in [7, 11) is 0. The Morgan fingerprint density at radius 2 is 2.10 bits per heavy atom. The monoisotopic (exact) mass is 432 g/mol. The van der Waals surface area contributed by atoms with Crippen LogP contribution in [0.15, 0.2) is 42.1 Å². The van der Waals surface area contributed by atoms with Crippen molar-refractivity contribution in [2.45, 2.75) is 57.5 Å². The zero-order valence-corrected chi connectivity index (χ0v) is 18.3. The summed E-state index contributed by atoms with van der Waals surface area (Å²) < 4.78 is 20.6. The molecule has 6 nitrogen and oxygen atoms in total. The number of aromatic nitrogens is 3. The number of benzene rings is 1. The van der Waals surface area contributed by atoms with Gasteiger partial charge in [0.05, 0.1) is 5.75 Å². The van der Waals surface area contributed by atoms with Gasteiger partial charge in [0.25, 0.3) is 0 Å². The summed E-state index contributed by atoms with van der Waals surface area (Å²) in [6, 6.07) is 6.07. The zero-order chi connectivity index (χ0) is 21.5. The topological polar surface area (TPSA) is 69.0 Å². The van der Waals surface area contributed by atoms with Crippen molar-refractivity contribution in [1.82, 2.24) is 20.1 Å². The Morgan fingerprint density at radius 3 is 2.83 bits per heavy atom. The molecule has 1 amide bonds. The molecule has 0 spiro atoms. The van der Waals surface area contributed by atoms with E-state index in [2.05, 4.69) is 35.9 Å². The Bertz CT molecular complexity index is 855. The minimum Gasteiger partial charge on any atom is -0.486 e. The largest absolute Gasteiger partial charge is 0.486 e. The van der Waals surface area contributed by atoms with Gasteiger partial charge in [0.2, 0.25) is 5.91 Å². The zero-order valence-electron chi connectivity index (χ0n) is 17.5. The molecule has 0 saturated heterocycles. The lowest BCUT2D eigenvalue weighted by molar-refractivity contribution is -0.120. The number of hydrogen-bond donors (Lipinski definition) is 1. The van der Waals surface area contributed by atoms with Crippen molar-refractivity contribution in [3.8, 4) is 5.75 Å². The summed E-state index contributed by atoms with van der Waals surface area (Å²) in [5.41, 5.74) is 0. The second-order valence-corrected chi connectivity index (χ2v) is 8.71. The minimum atomic E-state index is -0.314. The van der Waals surface area contributed by atoms with Crippen LogP contribution in [0.3, 0.4) is 0 Å². The lowest BCUT2D eigenvalue weighted by Crippen LogP contribution is -2.44. The highest BCUT2D eigenvalue weighted by atomic mass is 32.2. The van der Waals surface area contributed by atoms with Crippen molar-refractivity contribution >= 4 is 17.7 Å². The van der Waals surface area contributed by atoms with E-state index in [1.165, 1.54) is 30.3 Å². The van der Waals surface area contributed by atoms with Gasteiger partial charge in [-0.2, -0.15) is 0 Å². The maximum atomic E-state index is 13.0. The quantitative estimate of drug-likeness (QED) is 0.475. The van der Waals surface area contributed by atoms with Gasteiger partial charge >= 0.3 is 0 Å². The van der Waals surface area contributed by atoms with E-state index in [0.29, 0.717) is 35.1 Å². The van der Waals surface area contributed by atoms with Crippen LogP contribution in [0, 0.1) is 17.7 Å². The van der Waals surface area contributed by atoms with E-state index in [4.69, 9.17) is 4.74 Å². The lowest BCUT2D eigenvalue weighted by atomic mass is 9.78. The van der Waals surface area contributed by atoms with Gasteiger partial charge < -0.3 is 10.1 Å². The first kappa shape index (κ1) is 22.3. The Labute approximate surface area is 181 Å². The maximum absolute atomic E-state index is 13.0. The number of carbonyl (C=O) groups excluding carboxylic acids is 1. The molecule has 1 aromatic carbocycles. The average Bonchev–Trinajstić information content (AvgIpc) is 3.11. The van der Waals surface area contributed by atoms with Crippen LogP contribution in [0.4, 0.5) is 4.39 Å². The number of ether oxygens (including phenoxy) is 1. The van der Waals surface area contributed by atoms with Gasteiger partial charge in [-0.15, -0.1) is 16.8 Å². The molecule has 1 aliphatic rings. The average molecular weight is 433 g/mol. The van der Waals surface area contributed by atoms with Crippen molar-refractivity contribution in [3.05, 3.63) is 48.6 Å². The first-order valence-electron chi connectivity index (χ1n) is 10.3. The van der Waals surface area contributed by atoms with Gasteiger partial charge in [-0.25, -0.2) is 4.39 Å². The molecule has 8 heteroatoms. The van der Waals surface area contributed by atoms with Crippen molar-refractivity contribution in [2.75, 3.05) is 5.75 Å². The second kappa shape index (κ2) is 10.6. The maximum Gasteiger partial charge on any atom is 0.230 e. The van der Waals surface area contributed by atoms with Crippen LogP contribution in [0.2, 0.25) is 0 Å². The third-order valence-electron chi connectivity index (χ3n) is 5.67. The molecule has 0 aliphatic heterocycles. The fourth-order valence-corrected chi connectivity index (χ4v) is 4.47. The summed E-state index contributed by atoms with van der Waals surface area (Å²) in [6.45, 7) is 8.96. The van der Waals surface area contributed by atoms with Crippen LogP contribution in [-0.2, 0) is 17.9 Å². The molecule has 1 heterocycles. The van der Waals surface area contributed by atoms with Gasteiger partial charge in [-0.05, 0) is 42.5 Å². The third-order valence-corrected chi connectivity index (χ3v) is 6.64. The molecule has 2 aromatic rings. The van der Waals surface area contributed by atoms with Crippen LogP contribution < -0.4 is 10.1 Å². The van der Waals surface area contributed by atoms with Gasteiger partial charge in [0.1, 0.15) is 18.2 Å². The molecule has 1 fully saturated rings.